The van der Waals surface area contributed by atoms with E-state index in [4.69, 9.17) is 18.0 Å². The first-order valence-electron chi connectivity index (χ1n) is 6.10. The number of likely N-dealkylation sites (tertiary alicyclic amines) is 1. The van der Waals surface area contributed by atoms with Gasteiger partial charge in [-0.25, -0.2) is 0 Å². The Bertz CT molecular complexity index is 206. The molecule has 0 saturated carbocycles. The van der Waals surface area contributed by atoms with E-state index in [0.717, 1.165) is 24.7 Å². The number of nitrogens with zero attached hydrogens (tertiary/aromatic N) is 1. The maximum absolute atomic E-state index is 5.47. The molecular weight excluding hydrogens is 204 g/mol. The van der Waals surface area contributed by atoms with Crippen LogP contribution >= 0.6 is 12.2 Å². The van der Waals surface area contributed by atoms with E-state index in [2.05, 4.69) is 18.7 Å². The Morgan fingerprint density at radius 3 is 2.67 bits per heavy atom. The molecule has 88 valence electrons. The van der Waals surface area contributed by atoms with Crippen LogP contribution in [0.15, 0.2) is 0 Å². The quantitative estimate of drug-likeness (QED) is 0.579. The lowest BCUT2D eigenvalue weighted by atomic mass is 9.88. The standard InChI is InChI=1S/C12H24N2S/c1-10-6-8-14(9-11(10)2)7-4-3-5-12(13)15/h10-11H,3-9H2,1-2H3,(H2,13,15). The van der Waals surface area contributed by atoms with E-state index in [1.165, 1.54) is 32.5 Å². The Morgan fingerprint density at radius 1 is 1.33 bits per heavy atom. The number of hydrogen-bond acceptors (Lipinski definition) is 2. The van der Waals surface area contributed by atoms with Crippen molar-refractivity contribution >= 4 is 17.2 Å². The highest BCUT2D eigenvalue weighted by Crippen LogP contribution is 2.22. The highest BCUT2D eigenvalue weighted by atomic mass is 32.1. The molecule has 0 aliphatic carbocycles. The molecule has 2 unspecified atom stereocenters. The van der Waals surface area contributed by atoms with Gasteiger partial charge in [-0.2, -0.15) is 0 Å². The van der Waals surface area contributed by atoms with Crippen molar-refractivity contribution in [3.8, 4) is 0 Å². The maximum atomic E-state index is 5.47. The van der Waals surface area contributed by atoms with Crippen LogP contribution in [0.1, 0.15) is 39.5 Å². The van der Waals surface area contributed by atoms with Crippen LogP contribution in [0.2, 0.25) is 0 Å². The van der Waals surface area contributed by atoms with Crippen LogP contribution in [0.4, 0.5) is 0 Å². The maximum Gasteiger partial charge on any atom is 0.0727 e. The lowest BCUT2D eigenvalue weighted by Gasteiger charge is -2.35. The zero-order valence-corrected chi connectivity index (χ0v) is 10.9. The molecule has 1 saturated heterocycles. The Balaban J connectivity index is 2.09. The molecule has 0 spiro atoms. The largest absolute Gasteiger partial charge is 0.393 e. The molecule has 1 fully saturated rings. The molecule has 2 nitrogen and oxygen atoms in total. The van der Waals surface area contributed by atoms with Crippen molar-refractivity contribution in [2.24, 2.45) is 17.6 Å². The molecule has 15 heavy (non-hydrogen) atoms. The molecule has 1 aliphatic heterocycles. The number of rotatable bonds is 5. The highest BCUT2D eigenvalue weighted by Gasteiger charge is 2.21. The summed E-state index contributed by atoms with van der Waals surface area (Å²) >= 11 is 4.86. The molecule has 0 aromatic rings. The SMILES string of the molecule is CC1CCN(CCCCC(N)=S)CC1C. The number of hydrogen-bond donors (Lipinski definition) is 1. The van der Waals surface area contributed by atoms with Crippen molar-refractivity contribution in [1.82, 2.24) is 4.90 Å². The Kier molecular flexibility index (Phi) is 5.54. The second-order valence-electron chi connectivity index (χ2n) is 4.97. The smallest absolute Gasteiger partial charge is 0.0727 e. The lowest BCUT2D eigenvalue weighted by molar-refractivity contribution is 0.137. The van der Waals surface area contributed by atoms with E-state index in [0.29, 0.717) is 4.99 Å². The van der Waals surface area contributed by atoms with Crippen molar-refractivity contribution in [3.63, 3.8) is 0 Å². The minimum absolute atomic E-state index is 0.663. The third-order valence-corrected chi connectivity index (χ3v) is 3.77. The normalized spacial score (nSPS) is 27.9. The first-order valence-corrected chi connectivity index (χ1v) is 6.51. The Morgan fingerprint density at radius 2 is 2.07 bits per heavy atom. The van der Waals surface area contributed by atoms with Gasteiger partial charge in [-0.1, -0.05) is 26.1 Å². The van der Waals surface area contributed by atoms with Gasteiger partial charge in [0.25, 0.3) is 0 Å². The van der Waals surface area contributed by atoms with Gasteiger partial charge in [0, 0.05) is 6.54 Å². The number of piperidine rings is 1. The topological polar surface area (TPSA) is 29.3 Å². The molecule has 1 aliphatic rings. The third kappa shape index (κ3) is 4.94. The summed E-state index contributed by atoms with van der Waals surface area (Å²) in [5.74, 6) is 1.76. The molecule has 2 N–H and O–H groups in total. The van der Waals surface area contributed by atoms with Gasteiger partial charge in [0.15, 0.2) is 0 Å². The van der Waals surface area contributed by atoms with Crippen LogP contribution in [0.5, 0.6) is 0 Å². The van der Waals surface area contributed by atoms with Gasteiger partial charge in [0.05, 0.1) is 4.99 Å². The molecule has 1 rings (SSSR count). The minimum atomic E-state index is 0.663. The molecule has 0 aromatic heterocycles. The summed E-state index contributed by atoms with van der Waals surface area (Å²) in [6.45, 7) is 8.51. The van der Waals surface area contributed by atoms with Crippen LogP contribution in [0, 0.1) is 11.8 Å². The summed E-state index contributed by atoms with van der Waals surface area (Å²) in [7, 11) is 0. The van der Waals surface area contributed by atoms with E-state index in [9.17, 15) is 0 Å². The van der Waals surface area contributed by atoms with Crippen molar-refractivity contribution in [2.45, 2.75) is 39.5 Å². The van der Waals surface area contributed by atoms with Gasteiger partial charge in [-0.3, -0.25) is 0 Å². The second-order valence-corrected chi connectivity index (χ2v) is 5.49. The molecule has 0 radical (unpaired) electrons. The molecule has 2 atom stereocenters. The summed E-state index contributed by atoms with van der Waals surface area (Å²) in [5.41, 5.74) is 5.47. The van der Waals surface area contributed by atoms with E-state index < -0.39 is 0 Å². The van der Waals surface area contributed by atoms with Crippen LogP contribution in [0.25, 0.3) is 0 Å². The van der Waals surface area contributed by atoms with Gasteiger partial charge >= 0.3 is 0 Å². The summed E-state index contributed by atoms with van der Waals surface area (Å²) in [5, 5.41) is 0. The summed E-state index contributed by atoms with van der Waals surface area (Å²) < 4.78 is 0. The summed E-state index contributed by atoms with van der Waals surface area (Å²) in [6.07, 6.45) is 4.65. The number of thiocarbonyl (C=S) groups is 1. The Hall–Kier alpha value is -0.150. The average molecular weight is 228 g/mol. The van der Waals surface area contributed by atoms with Crippen molar-refractivity contribution in [3.05, 3.63) is 0 Å². The first-order chi connectivity index (χ1) is 7.09. The van der Waals surface area contributed by atoms with Crippen molar-refractivity contribution in [2.75, 3.05) is 19.6 Å². The number of unbranched alkanes of at least 4 members (excludes halogenated alkanes) is 1. The van der Waals surface area contributed by atoms with E-state index in [-0.39, 0.29) is 0 Å². The monoisotopic (exact) mass is 228 g/mol. The van der Waals surface area contributed by atoms with Gasteiger partial charge in [0.2, 0.25) is 0 Å². The highest BCUT2D eigenvalue weighted by molar-refractivity contribution is 7.80. The zero-order chi connectivity index (χ0) is 11.3. The van der Waals surface area contributed by atoms with E-state index >= 15 is 0 Å². The summed E-state index contributed by atoms with van der Waals surface area (Å²) in [6, 6.07) is 0. The lowest BCUT2D eigenvalue weighted by Crippen LogP contribution is -2.38. The summed E-state index contributed by atoms with van der Waals surface area (Å²) in [4.78, 5) is 3.25. The van der Waals surface area contributed by atoms with Crippen LogP contribution in [0.3, 0.4) is 0 Å². The average Bonchev–Trinajstić information content (AvgIpc) is 2.18. The fraction of sp³-hybridized carbons (Fsp3) is 0.917. The molecule has 0 amide bonds. The molecule has 0 aromatic carbocycles. The van der Waals surface area contributed by atoms with Crippen LogP contribution in [-0.2, 0) is 0 Å². The van der Waals surface area contributed by atoms with Crippen LogP contribution < -0.4 is 5.73 Å². The van der Waals surface area contributed by atoms with Gasteiger partial charge in [-0.15, -0.1) is 0 Å². The first kappa shape index (κ1) is 12.9. The molecular formula is C12H24N2S. The zero-order valence-electron chi connectivity index (χ0n) is 10.0. The Labute approximate surface area is 99.2 Å². The van der Waals surface area contributed by atoms with Gasteiger partial charge in [0.1, 0.15) is 0 Å². The van der Waals surface area contributed by atoms with Gasteiger partial charge in [-0.05, 0) is 50.6 Å². The van der Waals surface area contributed by atoms with Gasteiger partial charge < -0.3 is 10.6 Å². The second kappa shape index (κ2) is 6.44. The fourth-order valence-corrected chi connectivity index (χ4v) is 2.33. The van der Waals surface area contributed by atoms with Crippen molar-refractivity contribution < 1.29 is 0 Å². The van der Waals surface area contributed by atoms with Crippen LogP contribution in [-0.4, -0.2) is 29.5 Å². The molecule has 0 bridgehead atoms. The minimum Gasteiger partial charge on any atom is -0.393 e. The number of nitrogens with two attached hydrogens (primary N) is 1. The van der Waals surface area contributed by atoms with E-state index in [1.807, 2.05) is 0 Å². The van der Waals surface area contributed by atoms with Crippen molar-refractivity contribution in [1.29, 1.82) is 0 Å². The predicted octanol–water partition coefficient (Wildman–Crippen LogP) is 2.42. The molecule has 1 heterocycles. The van der Waals surface area contributed by atoms with E-state index in [1.54, 1.807) is 0 Å². The third-order valence-electron chi connectivity index (χ3n) is 3.57. The predicted molar refractivity (Wildman–Crippen MR) is 70.0 cm³/mol. The molecule has 3 heteroatoms. The fourth-order valence-electron chi connectivity index (χ4n) is 2.19.